The first-order chi connectivity index (χ1) is 13.6. The molecule has 3 aromatic rings. The highest BCUT2D eigenvalue weighted by Gasteiger charge is 2.17. The van der Waals surface area contributed by atoms with Gasteiger partial charge in [0.15, 0.2) is 0 Å². The van der Waals surface area contributed by atoms with Crippen LogP contribution < -0.4 is 14.8 Å². The standard InChI is InChI=1S/C24H25NO3/c1-17-5-4-6-20(15-17)24(26)25-23(19-9-13-22(28-3)14-10-19)16-18-7-11-21(27-2)12-8-18/h4-15,23H,16H2,1-3H3,(H,25,26). The van der Waals surface area contributed by atoms with E-state index < -0.39 is 0 Å². The largest absolute Gasteiger partial charge is 0.497 e. The Kier molecular flexibility index (Phi) is 6.33. The van der Waals surface area contributed by atoms with Crippen molar-refractivity contribution in [2.75, 3.05) is 14.2 Å². The molecule has 3 rings (SSSR count). The zero-order valence-corrected chi connectivity index (χ0v) is 16.4. The van der Waals surface area contributed by atoms with Gasteiger partial charge in [-0.1, -0.05) is 42.0 Å². The number of carbonyl (C=O) groups excluding carboxylic acids is 1. The van der Waals surface area contributed by atoms with Crippen molar-refractivity contribution in [1.29, 1.82) is 0 Å². The molecule has 0 bridgehead atoms. The van der Waals surface area contributed by atoms with E-state index in [1.165, 1.54) is 0 Å². The van der Waals surface area contributed by atoms with Gasteiger partial charge in [0.1, 0.15) is 11.5 Å². The summed E-state index contributed by atoms with van der Waals surface area (Å²) in [7, 11) is 3.29. The Hall–Kier alpha value is -3.27. The second-order valence-electron chi connectivity index (χ2n) is 6.72. The molecule has 0 radical (unpaired) electrons. The Morgan fingerprint density at radius 3 is 2.07 bits per heavy atom. The van der Waals surface area contributed by atoms with Crippen molar-refractivity contribution in [2.24, 2.45) is 0 Å². The van der Waals surface area contributed by atoms with E-state index >= 15 is 0 Å². The van der Waals surface area contributed by atoms with E-state index in [1.54, 1.807) is 14.2 Å². The van der Waals surface area contributed by atoms with Gasteiger partial charge in [0.05, 0.1) is 20.3 Å². The van der Waals surface area contributed by atoms with Crippen molar-refractivity contribution >= 4 is 5.91 Å². The number of nitrogens with one attached hydrogen (secondary N) is 1. The van der Waals surface area contributed by atoms with Crippen molar-refractivity contribution in [3.63, 3.8) is 0 Å². The lowest BCUT2D eigenvalue weighted by atomic mass is 9.98. The predicted molar refractivity (Wildman–Crippen MR) is 111 cm³/mol. The number of methoxy groups -OCH3 is 2. The molecule has 4 heteroatoms. The van der Waals surface area contributed by atoms with Gasteiger partial charge in [-0.3, -0.25) is 4.79 Å². The quantitative estimate of drug-likeness (QED) is 0.650. The van der Waals surface area contributed by atoms with Crippen LogP contribution in [0, 0.1) is 6.92 Å². The first kappa shape index (κ1) is 19.5. The van der Waals surface area contributed by atoms with Crippen LogP contribution in [-0.2, 0) is 6.42 Å². The molecule has 28 heavy (non-hydrogen) atoms. The lowest BCUT2D eigenvalue weighted by molar-refractivity contribution is 0.0936. The molecule has 0 saturated heterocycles. The van der Waals surface area contributed by atoms with Crippen LogP contribution in [-0.4, -0.2) is 20.1 Å². The molecule has 0 spiro atoms. The fourth-order valence-corrected chi connectivity index (χ4v) is 3.11. The molecule has 0 aliphatic carbocycles. The van der Waals surface area contributed by atoms with Crippen molar-refractivity contribution in [1.82, 2.24) is 5.32 Å². The zero-order valence-electron chi connectivity index (χ0n) is 16.4. The van der Waals surface area contributed by atoms with E-state index in [4.69, 9.17) is 9.47 Å². The van der Waals surface area contributed by atoms with E-state index in [1.807, 2.05) is 79.7 Å². The second kappa shape index (κ2) is 9.09. The van der Waals surface area contributed by atoms with Gasteiger partial charge in [-0.15, -0.1) is 0 Å². The molecule has 144 valence electrons. The number of benzene rings is 3. The van der Waals surface area contributed by atoms with Crippen LogP contribution in [0.2, 0.25) is 0 Å². The van der Waals surface area contributed by atoms with Crippen LogP contribution in [0.5, 0.6) is 11.5 Å². The first-order valence-electron chi connectivity index (χ1n) is 9.23. The van der Waals surface area contributed by atoms with Gasteiger partial charge in [0, 0.05) is 5.56 Å². The molecule has 0 aromatic heterocycles. The lowest BCUT2D eigenvalue weighted by Crippen LogP contribution is -2.30. The molecule has 0 aliphatic rings. The van der Waals surface area contributed by atoms with Gasteiger partial charge in [-0.25, -0.2) is 0 Å². The minimum Gasteiger partial charge on any atom is -0.497 e. The summed E-state index contributed by atoms with van der Waals surface area (Å²) in [6.07, 6.45) is 0.674. The number of hydrogen-bond donors (Lipinski definition) is 1. The third kappa shape index (κ3) is 4.92. The summed E-state index contributed by atoms with van der Waals surface area (Å²) < 4.78 is 10.5. The molecule has 0 aliphatic heterocycles. The minimum absolute atomic E-state index is 0.0852. The van der Waals surface area contributed by atoms with Gasteiger partial charge in [0.25, 0.3) is 5.91 Å². The highest BCUT2D eigenvalue weighted by atomic mass is 16.5. The van der Waals surface area contributed by atoms with Gasteiger partial charge < -0.3 is 14.8 Å². The van der Waals surface area contributed by atoms with Crippen LogP contribution in [0.3, 0.4) is 0 Å². The highest BCUT2D eigenvalue weighted by Crippen LogP contribution is 2.23. The number of aryl methyl sites for hydroxylation is 1. The Morgan fingerprint density at radius 1 is 0.893 bits per heavy atom. The van der Waals surface area contributed by atoms with Crippen LogP contribution in [0.25, 0.3) is 0 Å². The van der Waals surface area contributed by atoms with Crippen molar-refractivity contribution < 1.29 is 14.3 Å². The van der Waals surface area contributed by atoms with Gasteiger partial charge >= 0.3 is 0 Å². The van der Waals surface area contributed by atoms with Crippen molar-refractivity contribution in [3.05, 3.63) is 95.1 Å². The predicted octanol–water partition coefficient (Wildman–Crippen LogP) is 4.73. The molecular weight excluding hydrogens is 350 g/mol. The summed E-state index contributed by atoms with van der Waals surface area (Å²) in [6.45, 7) is 1.98. The third-order valence-corrected chi connectivity index (χ3v) is 4.70. The van der Waals surface area contributed by atoms with Crippen molar-refractivity contribution in [2.45, 2.75) is 19.4 Å². The smallest absolute Gasteiger partial charge is 0.251 e. The maximum atomic E-state index is 12.8. The fraction of sp³-hybridized carbons (Fsp3) is 0.208. The molecule has 4 nitrogen and oxygen atoms in total. The summed E-state index contributed by atoms with van der Waals surface area (Å²) >= 11 is 0. The van der Waals surface area contributed by atoms with Crippen LogP contribution in [0.4, 0.5) is 0 Å². The third-order valence-electron chi connectivity index (χ3n) is 4.70. The Labute approximate surface area is 166 Å². The Bertz CT molecular complexity index is 917. The molecule has 1 N–H and O–H groups in total. The molecule has 1 amide bonds. The van der Waals surface area contributed by atoms with Crippen LogP contribution in [0.15, 0.2) is 72.8 Å². The summed E-state index contributed by atoms with van der Waals surface area (Å²) in [5.74, 6) is 1.52. The fourth-order valence-electron chi connectivity index (χ4n) is 3.11. The first-order valence-corrected chi connectivity index (χ1v) is 9.23. The number of ether oxygens (including phenoxy) is 2. The number of amides is 1. The topological polar surface area (TPSA) is 47.6 Å². The Morgan fingerprint density at radius 2 is 1.50 bits per heavy atom. The minimum atomic E-state index is -0.160. The van der Waals surface area contributed by atoms with Crippen molar-refractivity contribution in [3.8, 4) is 11.5 Å². The zero-order chi connectivity index (χ0) is 19.9. The Balaban J connectivity index is 1.85. The maximum Gasteiger partial charge on any atom is 0.251 e. The van der Waals surface area contributed by atoms with Gasteiger partial charge in [-0.2, -0.15) is 0 Å². The van der Waals surface area contributed by atoms with E-state index in [9.17, 15) is 4.79 Å². The number of hydrogen-bond acceptors (Lipinski definition) is 3. The summed E-state index contributed by atoms with van der Waals surface area (Å²) in [6, 6.07) is 23.2. The molecule has 0 heterocycles. The van der Waals surface area contributed by atoms with Crippen LogP contribution >= 0.6 is 0 Å². The lowest BCUT2D eigenvalue weighted by Gasteiger charge is -2.20. The van der Waals surface area contributed by atoms with E-state index in [0.717, 1.165) is 28.2 Å². The molecular formula is C24H25NO3. The number of carbonyl (C=O) groups is 1. The van der Waals surface area contributed by atoms with Gasteiger partial charge in [-0.05, 0) is 60.9 Å². The normalized spacial score (nSPS) is 11.5. The summed E-state index contributed by atoms with van der Waals surface area (Å²) in [5.41, 5.74) is 3.86. The second-order valence-corrected chi connectivity index (χ2v) is 6.72. The summed E-state index contributed by atoms with van der Waals surface area (Å²) in [4.78, 5) is 12.8. The monoisotopic (exact) mass is 375 g/mol. The van der Waals surface area contributed by atoms with E-state index in [-0.39, 0.29) is 11.9 Å². The maximum absolute atomic E-state index is 12.8. The molecule has 1 unspecified atom stereocenters. The van der Waals surface area contributed by atoms with Gasteiger partial charge in [0.2, 0.25) is 0 Å². The summed E-state index contributed by atoms with van der Waals surface area (Å²) in [5, 5.41) is 3.18. The highest BCUT2D eigenvalue weighted by molar-refractivity contribution is 5.94. The van der Waals surface area contributed by atoms with E-state index in [2.05, 4.69) is 5.32 Å². The molecule has 3 aromatic carbocycles. The average molecular weight is 375 g/mol. The molecule has 0 fully saturated rings. The molecule has 0 saturated carbocycles. The van der Waals surface area contributed by atoms with E-state index in [0.29, 0.717) is 12.0 Å². The SMILES string of the molecule is COc1ccc(CC(NC(=O)c2cccc(C)c2)c2ccc(OC)cc2)cc1. The number of rotatable bonds is 7. The average Bonchev–Trinajstić information content (AvgIpc) is 2.74. The van der Waals surface area contributed by atoms with Crippen LogP contribution in [0.1, 0.15) is 33.1 Å². The molecule has 1 atom stereocenters.